The molecule has 14 heavy (non-hydrogen) atoms. The van der Waals surface area contributed by atoms with Gasteiger partial charge in [0, 0.05) is 16.2 Å². The summed E-state index contributed by atoms with van der Waals surface area (Å²) in [5.41, 5.74) is 1.33. The second-order valence-corrected chi connectivity index (χ2v) is 4.68. The molecule has 0 aromatic heterocycles. The lowest BCUT2D eigenvalue weighted by Gasteiger charge is -2.11. The van der Waals surface area contributed by atoms with Crippen LogP contribution < -0.4 is 5.32 Å². The van der Waals surface area contributed by atoms with Gasteiger partial charge in [-0.1, -0.05) is 18.2 Å². The van der Waals surface area contributed by atoms with Crippen LogP contribution in [0.3, 0.4) is 0 Å². The summed E-state index contributed by atoms with van der Waals surface area (Å²) < 4.78 is 1.28. The average molecular weight is 301 g/mol. The van der Waals surface area contributed by atoms with E-state index in [0.717, 1.165) is 13.0 Å². The monoisotopic (exact) mass is 301 g/mol. The largest absolute Gasteiger partial charge is 0.310 e. The van der Waals surface area contributed by atoms with Crippen LogP contribution in [0.25, 0.3) is 0 Å². The van der Waals surface area contributed by atoms with Crippen molar-refractivity contribution in [1.82, 2.24) is 5.32 Å². The summed E-state index contributed by atoms with van der Waals surface area (Å²) >= 11 is 2.32. The summed E-state index contributed by atoms with van der Waals surface area (Å²) in [5.74, 6) is 0. The molecule has 0 saturated carbocycles. The molecule has 0 amide bonds. The molecule has 1 N–H and O–H groups in total. The van der Waals surface area contributed by atoms with Crippen LogP contribution in [0.15, 0.2) is 36.9 Å². The highest BCUT2D eigenvalue weighted by molar-refractivity contribution is 14.1. The molecule has 1 unspecified atom stereocenters. The van der Waals surface area contributed by atoms with Crippen molar-refractivity contribution in [2.45, 2.75) is 25.9 Å². The fourth-order valence-corrected chi connectivity index (χ4v) is 1.59. The molecule has 1 aromatic rings. The Hall–Kier alpha value is -0.350. The van der Waals surface area contributed by atoms with Crippen LogP contribution in [-0.2, 0) is 6.54 Å². The molecule has 0 heterocycles. The van der Waals surface area contributed by atoms with Crippen molar-refractivity contribution in [3.63, 3.8) is 0 Å². The Bertz CT molecular complexity index is 279. The molecule has 0 fully saturated rings. The molecule has 0 radical (unpaired) electrons. The molecule has 0 aliphatic rings. The molecule has 0 bridgehead atoms. The van der Waals surface area contributed by atoms with Crippen molar-refractivity contribution in [3.8, 4) is 0 Å². The normalized spacial score (nSPS) is 12.4. The highest BCUT2D eigenvalue weighted by atomic mass is 127. The second kappa shape index (κ2) is 6.19. The quantitative estimate of drug-likeness (QED) is 0.649. The molecule has 1 nitrogen and oxygen atoms in total. The molecule has 2 heteroatoms. The molecule has 1 atom stereocenters. The number of nitrogens with one attached hydrogen (secondary N) is 1. The molecule has 1 aromatic carbocycles. The minimum absolute atomic E-state index is 0.506. The Kier molecular flexibility index (Phi) is 5.19. The van der Waals surface area contributed by atoms with Crippen molar-refractivity contribution >= 4 is 22.6 Å². The third-order valence-corrected chi connectivity index (χ3v) is 2.81. The van der Waals surface area contributed by atoms with E-state index in [1.165, 1.54) is 9.13 Å². The van der Waals surface area contributed by atoms with E-state index in [0.29, 0.717) is 6.04 Å². The summed E-state index contributed by atoms with van der Waals surface area (Å²) in [4.78, 5) is 0. The van der Waals surface area contributed by atoms with Gasteiger partial charge in [0.15, 0.2) is 0 Å². The van der Waals surface area contributed by atoms with Crippen molar-refractivity contribution in [1.29, 1.82) is 0 Å². The van der Waals surface area contributed by atoms with Gasteiger partial charge in [-0.05, 0) is 53.6 Å². The molecular weight excluding hydrogens is 285 g/mol. The van der Waals surface area contributed by atoms with Gasteiger partial charge < -0.3 is 5.32 Å². The smallest absolute Gasteiger partial charge is 0.0208 e. The Morgan fingerprint density at radius 2 is 2.07 bits per heavy atom. The van der Waals surface area contributed by atoms with Crippen molar-refractivity contribution in [3.05, 3.63) is 46.1 Å². The predicted molar refractivity (Wildman–Crippen MR) is 70.3 cm³/mol. The Morgan fingerprint density at radius 1 is 1.43 bits per heavy atom. The van der Waals surface area contributed by atoms with E-state index in [1.807, 2.05) is 6.08 Å². The van der Waals surface area contributed by atoms with Gasteiger partial charge >= 0.3 is 0 Å². The van der Waals surface area contributed by atoms with Crippen LogP contribution in [0, 0.1) is 3.57 Å². The van der Waals surface area contributed by atoms with Gasteiger partial charge in [-0.2, -0.15) is 0 Å². The van der Waals surface area contributed by atoms with Gasteiger partial charge in [-0.15, -0.1) is 6.58 Å². The molecule has 0 aliphatic carbocycles. The van der Waals surface area contributed by atoms with Crippen molar-refractivity contribution in [2.24, 2.45) is 0 Å². The topological polar surface area (TPSA) is 12.0 Å². The maximum Gasteiger partial charge on any atom is 0.0208 e. The Morgan fingerprint density at radius 3 is 2.64 bits per heavy atom. The van der Waals surface area contributed by atoms with E-state index in [9.17, 15) is 0 Å². The van der Waals surface area contributed by atoms with Crippen LogP contribution in [0.1, 0.15) is 18.9 Å². The maximum absolute atomic E-state index is 3.73. The zero-order valence-corrected chi connectivity index (χ0v) is 10.6. The van der Waals surface area contributed by atoms with Gasteiger partial charge in [0.2, 0.25) is 0 Å². The summed E-state index contributed by atoms with van der Waals surface area (Å²) in [6.45, 7) is 6.84. The molecule has 76 valence electrons. The number of halogens is 1. The van der Waals surface area contributed by atoms with Gasteiger partial charge in [-0.25, -0.2) is 0 Å². The van der Waals surface area contributed by atoms with E-state index in [2.05, 4.69) is 65.7 Å². The summed E-state index contributed by atoms with van der Waals surface area (Å²) in [6.07, 6.45) is 2.97. The predicted octanol–water partition coefficient (Wildman–Crippen LogP) is 3.35. The van der Waals surface area contributed by atoms with E-state index >= 15 is 0 Å². The molecular formula is C12H16IN. The fourth-order valence-electron chi connectivity index (χ4n) is 1.23. The van der Waals surface area contributed by atoms with Gasteiger partial charge in [0.1, 0.15) is 0 Å². The van der Waals surface area contributed by atoms with Crippen molar-refractivity contribution in [2.75, 3.05) is 0 Å². The third kappa shape index (κ3) is 4.24. The Labute approximate surface area is 99.7 Å². The van der Waals surface area contributed by atoms with E-state index in [-0.39, 0.29) is 0 Å². The van der Waals surface area contributed by atoms with Crippen LogP contribution in [0.4, 0.5) is 0 Å². The first-order chi connectivity index (χ1) is 6.72. The second-order valence-electron chi connectivity index (χ2n) is 3.43. The van der Waals surface area contributed by atoms with E-state index < -0.39 is 0 Å². The van der Waals surface area contributed by atoms with Gasteiger partial charge in [0.05, 0.1) is 0 Å². The van der Waals surface area contributed by atoms with Crippen LogP contribution >= 0.6 is 22.6 Å². The third-order valence-electron chi connectivity index (χ3n) is 2.09. The first-order valence-corrected chi connectivity index (χ1v) is 5.89. The Balaban J connectivity index is 2.37. The minimum atomic E-state index is 0.506. The molecule has 0 spiro atoms. The lowest BCUT2D eigenvalue weighted by atomic mass is 10.2. The van der Waals surface area contributed by atoms with Crippen molar-refractivity contribution < 1.29 is 0 Å². The van der Waals surface area contributed by atoms with E-state index in [1.54, 1.807) is 0 Å². The molecule has 0 aliphatic heterocycles. The number of hydrogen-bond acceptors (Lipinski definition) is 1. The standard InChI is InChI=1S/C12H16IN/c1-3-4-10(2)14-9-11-5-7-12(13)8-6-11/h3,5-8,10,14H,1,4,9H2,2H3. The van der Waals surface area contributed by atoms with Crippen LogP contribution in [0.2, 0.25) is 0 Å². The lowest BCUT2D eigenvalue weighted by Crippen LogP contribution is -2.24. The van der Waals surface area contributed by atoms with Gasteiger partial charge in [-0.3, -0.25) is 0 Å². The number of hydrogen-bond donors (Lipinski definition) is 1. The van der Waals surface area contributed by atoms with Crippen LogP contribution in [0.5, 0.6) is 0 Å². The maximum atomic E-state index is 3.73. The average Bonchev–Trinajstić information content (AvgIpc) is 2.17. The molecule has 0 saturated heterocycles. The minimum Gasteiger partial charge on any atom is -0.310 e. The number of benzene rings is 1. The summed E-state index contributed by atoms with van der Waals surface area (Å²) in [7, 11) is 0. The summed E-state index contributed by atoms with van der Waals surface area (Å²) in [6, 6.07) is 9.10. The van der Waals surface area contributed by atoms with Gasteiger partial charge in [0.25, 0.3) is 0 Å². The lowest BCUT2D eigenvalue weighted by molar-refractivity contribution is 0.554. The van der Waals surface area contributed by atoms with Crippen LogP contribution in [-0.4, -0.2) is 6.04 Å². The molecule has 1 rings (SSSR count). The first-order valence-electron chi connectivity index (χ1n) is 4.81. The highest BCUT2D eigenvalue weighted by Gasteiger charge is 1.98. The summed E-state index contributed by atoms with van der Waals surface area (Å²) in [5, 5.41) is 3.45. The zero-order chi connectivity index (χ0) is 10.4. The van der Waals surface area contributed by atoms with E-state index in [4.69, 9.17) is 0 Å². The fraction of sp³-hybridized carbons (Fsp3) is 0.333. The zero-order valence-electron chi connectivity index (χ0n) is 8.46. The highest BCUT2D eigenvalue weighted by Crippen LogP contribution is 2.06. The SMILES string of the molecule is C=CCC(C)NCc1ccc(I)cc1. The first kappa shape index (κ1) is 11.7. The number of rotatable bonds is 5.